The first-order valence-corrected chi connectivity index (χ1v) is 8.16. The Labute approximate surface area is 149 Å². The second kappa shape index (κ2) is 7.07. The largest absolute Gasteiger partial charge is 0.342 e. The van der Waals surface area contributed by atoms with Gasteiger partial charge in [0.15, 0.2) is 0 Å². The summed E-state index contributed by atoms with van der Waals surface area (Å²) in [5.74, 6) is 0.417. The normalized spacial score (nSPS) is 12.0. The summed E-state index contributed by atoms with van der Waals surface area (Å²) in [6.07, 6.45) is 1.75. The van der Waals surface area contributed by atoms with Gasteiger partial charge in [-0.15, -0.1) is 0 Å². The SMILES string of the molecule is CC(NC(=O)c1cc(Cl)cc(Cl)c1)c1ncc(-c2ccccc2)[nH]1. The van der Waals surface area contributed by atoms with E-state index < -0.39 is 0 Å². The molecule has 0 aliphatic carbocycles. The van der Waals surface area contributed by atoms with E-state index >= 15 is 0 Å². The number of carbonyl (C=O) groups is 1. The number of hydrogen-bond donors (Lipinski definition) is 2. The van der Waals surface area contributed by atoms with Gasteiger partial charge in [0.05, 0.1) is 17.9 Å². The molecule has 1 unspecified atom stereocenters. The smallest absolute Gasteiger partial charge is 0.251 e. The minimum Gasteiger partial charge on any atom is -0.342 e. The third kappa shape index (κ3) is 3.78. The van der Waals surface area contributed by atoms with Crippen LogP contribution in [-0.2, 0) is 0 Å². The molecule has 1 atom stereocenters. The quantitative estimate of drug-likeness (QED) is 0.697. The van der Waals surface area contributed by atoms with Crippen molar-refractivity contribution in [3.05, 3.63) is 76.2 Å². The van der Waals surface area contributed by atoms with Crippen molar-refractivity contribution in [2.45, 2.75) is 13.0 Å². The van der Waals surface area contributed by atoms with Crippen LogP contribution in [0.2, 0.25) is 10.0 Å². The number of benzene rings is 2. The predicted octanol–water partition coefficient (Wildman–Crippen LogP) is 4.87. The number of carbonyl (C=O) groups excluding carboxylic acids is 1. The molecule has 1 heterocycles. The van der Waals surface area contributed by atoms with Crippen LogP contribution in [0.1, 0.15) is 29.1 Å². The Morgan fingerprint density at radius 1 is 1.12 bits per heavy atom. The van der Waals surface area contributed by atoms with Gasteiger partial charge in [0.1, 0.15) is 5.82 Å². The molecule has 0 fully saturated rings. The molecule has 3 aromatic rings. The Kier molecular flexibility index (Phi) is 4.88. The third-order valence-electron chi connectivity index (χ3n) is 3.56. The average molecular weight is 360 g/mol. The second-order valence-electron chi connectivity index (χ2n) is 5.40. The fourth-order valence-electron chi connectivity index (χ4n) is 2.35. The van der Waals surface area contributed by atoms with E-state index in [1.807, 2.05) is 37.3 Å². The van der Waals surface area contributed by atoms with Crippen LogP contribution in [0, 0.1) is 0 Å². The summed E-state index contributed by atoms with van der Waals surface area (Å²) in [4.78, 5) is 19.9. The number of H-pyrrole nitrogens is 1. The summed E-state index contributed by atoms with van der Waals surface area (Å²) < 4.78 is 0. The fraction of sp³-hybridized carbons (Fsp3) is 0.111. The monoisotopic (exact) mass is 359 g/mol. The van der Waals surface area contributed by atoms with Crippen LogP contribution in [-0.4, -0.2) is 15.9 Å². The van der Waals surface area contributed by atoms with Crippen molar-refractivity contribution >= 4 is 29.1 Å². The van der Waals surface area contributed by atoms with E-state index in [1.54, 1.807) is 24.4 Å². The van der Waals surface area contributed by atoms with Gasteiger partial charge in [0.25, 0.3) is 5.91 Å². The fourth-order valence-corrected chi connectivity index (χ4v) is 2.88. The number of nitrogens with zero attached hydrogens (tertiary/aromatic N) is 1. The number of nitrogens with one attached hydrogen (secondary N) is 2. The Hall–Kier alpha value is -2.30. The lowest BCUT2D eigenvalue weighted by Gasteiger charge is -2.12. The van der Waals surface area contributed by atoms with Crippen LogP contribution < -0.4 is 5.32 Å². The number of rotatable bonds is 4. The van der Waals surface area contributed by atoms with Gasteiger partial charge in [0, 0.05) is 15.6 Å². The molecule has 1 aromatic heterocycles. The van der Waals surface area contributed by atoms with Gasteiger partial charge in [-0.25, -0.2) is 4.98 Å². The van der Waals surface area contributed by atoms with Crippen molar-refractivity contribution in [3.63, 3.8) is 0 Å². The first-order chi connectivity index (χ1) is 11.5. The Morgan fingerprint density at radius 2 is 1.79 bits per heavy atom. The van der Waals surface area contributed by atoms with Crippen molar-refractivity contribution in [3.8, 4) is 11.3 Å². The number of aromatic amines is 1. The first kappa shape index (κ1) is 16.6. The van der Waals surface area contributed by atoms with Gasteiger partial charge in [-0.1, -0.05) is 53.5 Å². The number of hydrogen-bond acceptors (Lipinski definition) is 2. The molecule has 3 rings (SSSR count). The lowest BCUT2D eigenvalue weighted by atomic mass is 10.2. The number of halogens is 2. The Morgan fingerprint density at radius 3 is 2.46 bits per heavy atom. The highest BCUT2D eigenvalue weighted by Gasteiger charge is 2.15. The molecule has 4 nitrogen and oxygen atoms in total. The van der Waals surface area contributed by atoms with Gasteiger partial charge in [-0.2, -0.15) is 0 Å². The molecule has 0 saturated heterocycles. The molecular weight excluding hydrogens is 345 g/mol. The lowest BCUT2D eigenvalue weighted by Crippen LogP contribution is -2.27. The highest BCUT2D eigenvalue weighted by Crippen LogP contribution is 2.21. The van der Waals surface area contributed by atoms with Crippen LogP contribution in [0.15, 0.2) is 54.7 Å². The molecule has 122 valence electrons. The molecule has 0 aliphatic rings. The van der Waals surface area contributed by atoms with Gasteiger partial charge in [-0.05, 0) is 30.7 Å². The highest BCUT2D eigenvalue weighted by molar-refractivity contribution is 6.35. The van der Waals surface area contributed by atoms with Crippen molar-refractivity contribution in [1.29, 1.82) is 0 Å². The Balaban J connectivity index is 1.74. The van der Waals surface area contributed by atoms with Crippen molar-refractivity contribution in [2.75, 3.05) is 0 Å². The van der Waals surface area contributed by atoms with E-state index in [0.29, 0.717) is 21.4 Å². The molecule has 0 aliphatic heterocycles. The average Bonchev–Trinajstić information content (AvgIpc) is 3.05. The van der Waals surface area contributed by atoms with Gasteiger partial charge in [0.2, 0.25) is 0 Å². The number of imidazole rings is 1. The minimum absolute atomic E-state index is 0.260. The van der Waals surface area contributed by atoms with Gasteiger partial charge < -0.3 is 10.3 Å². The van der Waals surface area contributed by atoms with Crippen LogP contribution in [0.25, 0.3) is 11.3 Å². The summed E-state index contributed by atoms with van der Waals surface area (Å²) >= 11 is 11.9. The van der Waals surface area contributed by atoms with E-state index in [0.717, 1.165) is 11.3 Å². The van der Waals surface area contributed by atoms with Crippen LogP contribution >= 0.6 is 23.2 Å². The first-order valence-electron chi connectivity index (χ1n) is 7.40. The summed E-state index contributed by atoms with van der Waals surface area (Å²) in [6.45, 7) is 1.86. The van der Waals surface area contributed by atoms with E-state index in [9.17, 15) is 4.79 Å². The van der Waals surface area contributed by atoms with Crippen molar-refractivity contribution < 1.29 is 4.79 Å². The zero-order valence-corrected chi connectivity index (χ0v) is 14.4. The van der Waals surface area contributed by atoms with Crippen LogP contribution in [0.5, 0.6) is 0 Å². The van der Waals surface area contributed by atoms with Gasteiger partial charge >= 0.3 is 0 Å². The maximum absolute atomic E-state index is 12.3. The molecule has 0 spiro atoms. The second-order valence-corrected chi connectivity index (χ2v) is 6.27. The summed E-state index contributed by atoms with van der Waals surface area (Å²) in [5, 5.41) is 3.72. The number of amides is 1. The zero-order valence-electron chi connectivity index (χ0n) is 12.9. The standard InChI is InChI=1S/C18H15Cl2N3O/c1-11(22-18(24)13-7-14(19)9-15(20)8-13)17-21-10-16(23-17)12-5-3-2-4-6-12/h2-11H,1H3,(H,21,23)(H,22,24). The van der Waals surface area contributed by atoms with Gasteiger partial charge in [-0.3, -0.25) is 4.79 Å². The molecule has 6 heteroatoms. The predicted molar refractivity (Wildman–Crippen MR) is 96.4 cm³/mol. The summed E-state index contributed by atoms with van der Waals surface area (Å²) in [7, 11) is 0. The molecule has 1 amide bonds. The van der Waals surface area contributed by atoms with E-state index in [4.69, 9.17) is 23.2 Å². The molecule has 24 heavy (non-hydrogen) atoms. The Bertz CT molecular complexity index is 841. The summed E-state index contributed by atoms with van der Waals surface area (Å²) in [5.41, 5.74) is 2.35. The third-order valence-corrected chi connectivity index (χ3v) is 4.00. The van der Waals surface area contributed by atoms with Crippen molar-refractivity contribution in [2.24, 2.45) is 0 Å². The highest BCUT2D eigenvalue weighted by atomic mass is 35.5. The number of aromatic nitrogens is 2. The van der Waals surface area contributed by atoms with E-state index in [2.05, 4.69) is 15.3 Å². The van der Waals surface area contributed by atoms with Crippen LogP contribution in [0.4, 0.5) is 0 Å². The molecule has 0 saturated carbocycles. The molecule has 0 bridgehead atoms. The topological polar surface area (TPSA) is 57.8 Å². The molecule has 2 aromatic carbocycles. The van der Waals surface area contributed by atoms with E-state index in [-0.39, 0.29) is 11.9 Å². The lowest BCUT2D eigenvalue weighted by molar-refractivity contribution is 0.0938. The molecule has 0 radical (unpaired) electrons. The van der Waals surface area contributed by atoms with Crippen molar-refractivity contribution in [1.82, 2.24) is 15.3 Å². The van der Waals surface area contributed by atoms with Crippen LogP contribution in [0.3, 0.4) is 0 Å². The summed E-state index contributed by atoms with van der Waals surface area (Å²) in [6, 6.07) is 14.3. The molecular formula is C18H15Cl2N3O. The van der Waals surface area contributed by atoms with E-state index in [1.165, 1.54) is 0 Å². The zero-order chi connectivity index (χ0) is 17.1. The minimum atomic E-state index is -0.285. The maximum Gasteiger partial charge on any atom is 0.251 e. The molecule has 2 N–H and O–H groups in total. The maximum atomic E-state index is 12.3.